The van der Waals surface area contributed by atoms with Crippen molar-refractivity contribution in [3.05, 3.63) is 23.3 Å². The number of halogens is 3. The van der Waals surface area contributed by atoms with Gasteiger partial charge in [0, 0.05) is 11.4 Å². The Morgan fingerprint density at radius 2 is 2.05 bits per heavy atom. The smallest absolute Gasteiger partial charge is 0.341 e. The highest BCUT2D eigenvalue weighted by Gasteiger charge is 2.38. The van der Waals surface area contributed by atoms with Crippen LogP contribution in [0.3, 0.4) is 0 Å². The largest absolute Gasteiger partial charge is 0.471 e. The fourth-order valence-electron chi connectivity index (χ4n) is 1.67. The van der Waals surface area contributed by atoms with E-state index in [2.05, 4.69) is 15.2 Å². The second-order valence-corrected chi connectivity index (χ2v) is 3.97. The quantitative estimate of drug-likeness (QED) is 0.883. The summed E-state index contributed by atoms with van der Waals surface area (Å²) in [6.07, 6.45) is -4.91. The molecule has 0 bridgehead atoms. The Bertz CT molecular complexity index is 634. The van der Waals surface area contributed by atoms with Crippen molar-refractivity contribution in [1.82, 2.24) is 24.9 Å². The molecule has 2 rings (SSSR count). The lowest BCUT2D eigenvalue weighted by molar-refractivity contribution is -0.173. The molecule has 0 aliphatic rings. The van der Waals surface area contributed by atoms with Crippen LogP contribution in [-0.4, -0.2) is 31.7 Å². The fourth-order valence-corrected chi connectivity index (χ4v) is 1.67. The van der Waals surface area contributed by atoms with Crippen molar-refractivity contribution in [2.75, 3.05) is 0 Å². The van der Waals surface area contributed by atoms with E-state index in [4.69, 9.17) is 0 Å². The summed E-state index contributed by atoms with van der Waals surface area (Å²) >= 11 is 0. The van der Waals surface area contributed by atoms with Crippen LogP contribution in [0.25, 0.3) is 5.78 Å². The van der Waals surface area contributed by atoms with Gasteiger partial charge in [-0.3, -0.25) is 9.20 Å². The number of nitrogens with one attached hydrogen (secondary N) is 1. The molecular weight excluding hydrogens is 263 g/mol. The minimum Gasteiger partial charge on any atom is -0.341 e. The van der Waals surface area contributed by atoms with Crippen molar-refractivity contribution >= 4 is 11.7 Å². The van der Waals surface area contributed by atoms with Gasteiger partial charge in [-0.1, -0.05) is 0 Å². The normalized spacial score (nSPS) is 11.8. The average Bonchev–Trinajstić information content (AvgIpc) is 2.67. The van der Waals surface area contributed by atoms with E-state index in [-0.39, 0.29) is 18.1 Å². The molecule has 0 aromatic carbocycles. The lowest BCUT2D eigenvalue weighted by atomic mass is 10.3. The van der Waals surface area contributed by atoms with Crippen molar-refractivity contribution in [1.29, 1.82) is 0 Å². The Morgan fingerprint density at radius 1 is 1.37 bits per heavy atom. The Kier molecular flexibility index (Phi) is 3.13. The molecule has 0 saturated carbocycles. The second-order valence-electron chi connectivity index (χ2n) is 3.97. The summed E-state index contributed by atoms with van der Waals surface area (Å²) in [7, 11) is 0. The summed E-state index contributed by atoms with van der Waals surface area (Å²) in [5.41, 5.74) is 1.45. The van der Waals surface area contributed by atoms with Crippen molar-refractivity contribution in [3.8, 4) is 0 Å². The first-order valence-electron chi connectivity index (χ1n) is 5.32. The third-order valence-corrected chi connectivity index (χ3v) is 2.42. The topological polar surface area (TPSA) is 72.2 Å². The third-order valence-electron chi connectivity index (χ3n) is 2.42. The zero-order chi connectivity index (χ0) is 14.2. The molecule has 0 spiro atoms. The molecule has 9 heteroatoms. The van der Waals surface area contributed by atoms with Crippen molar-refractivity contribution in [3.63, 3.8) is 0 Å². The van der Waals surface area contributed by atoms with Gasteiger partial charge in [-0.25, -0.2) is 4.98 Å². The van der Waals surface area contributed by atoms with Crippen LogP contribution in [0, 0.1) is 13.8 Å². The van der Waals surface area contributed by atoms with E-state index in [1.807, 2.05) is 0 Å². The van der Waals surface area contributed by atoms with E-state index in [0.717, 1.165) is 11.4 Å². The Hall–Kier alpha value is -2.19. The number of carbonyl (C=O) groups is 1. The van der Waals surface area contributed by atoms with Crippen molar-refractivity contribution < 1.29 is 18.0 Å². The van der Waals surface area contributed by atoms with E-state index in [1.165, 1.54) is 4.40 Å². The molecule has 0 aliphatic carbocycles. The second kappa shape index (κ2) is 4.48. The highest BCUT2D eigenvalue weighted by Crippen LogP contribution is 2.14. The van der Waals surface area contributed by atoms with Crippen LogP contribution in [0.4, 0.5) is 13.2 Å². The number of alkyl halides is 3. The number of rotatable bonds is 2. The van der Waals surface area contributed by atoms with Crippen molar-refractivity contribution in [2.24, 2.45) is 0 Å². The molecule has 2 aromatic rings. The molecule has 19 heavy (non-hydrogen) atoms. The summed E-state index contributed by atoms with van der Waals surface area (Å²) in [5.74, 6) is -1.53. The van der Waals surface area contributed by atoms with Crippen LogP contribution in [0.5, 0.6) is 0 Å². The van der Waals surface area contributed by atoms with E-state index < -0.39 is 12.1 Å². The molecule has 0 saturated heterocycles. The fraction of sp³-hybridized carbons (Fsp3) is 0.400. The molecule has 1 N–H and O–H groups in total. The molecular formula is C10H10F3N5O. The first-order chi connectivity index (χ1) is 8.79. The van der Waals surface area contributed by atoms with Gasteiger partial charge in [0.05, 0.1) is 6.54 Å². The van der Waals surface area contributed by atoms with Crippen LogP contribution < -0.4 is 5.32 Å². The summed E-state index contributed by atoms with van der Waals surface area (Å²) in [6, 6.07) is 1.74. The van der Waals surface area contributed by atoms with Crippen LogP contribution in [0.2, 0.25) is 0 Å². The number of nitrogens with zero attached hydrogens (tertiary/aromatic N) is 4. The summed E-state index contributed by atoms with van der Waals surface area (Å²) < 4.78 is 37.7. The van der Waals surface area contributed by atoms with E-state index in [1.54, 1.807) is 25.2 Å². The van der Waals surface area contributed by atoms with E-state index in [9.17, 15) is 18.0 Å². The van der Waals surface area contributed by atoms with Gasteiger partial charge in [0.15, 0.2) is 5.82 Å². The maximum absolute atomic E-state index is 12.1. The highest BCUT2D eigenvalue weighted by molar-refractivity contribution is 5.81. The number of hydrogen-bond donors (Lipinski definition) is 1. The van der Waals surface area contributed by atoms with E-state index >= 15 is 0 Å². The molecule has 0 radical (unpaired) electrons. The lowest BCUT2D eigenvalue weighted by Crippen LogP contribution is -2.36. The van der Waals surface area contributed by atoms with Gasteiger partial charge in [-0.05, 0) is 19.9 Å². The SMILES string of the molecule is Cc1cc(C)n2c(CNC(=O)C(F)(F)F)nnc2n1. The Balaban J connectivity index is 2.25. The molecule has 0 unspecified atom stereocenters. The number of aryl methyl sites for hydroxylation is 2. The number of aromatic nitrogens is 4. The summed E-state index contributed by atoms with van der Waals surface area (Å²) in [5, 5.41) is 9.21. The van der Waals surface area contributed by atoms with Crippen LogP contribution in [0.1, 0.15) is 17.2 Å². The van der Waals surface area contributed by atoms with Crippen LogP contribution >= 0.6 is 0 Å². The van der Waals surface area contributed by atoms with Gasteiger partial charge in [0.1, 0.15) is 0 Å². The van der Waals surface area contributed by atoms with Gasteiger partial charge in [0.2, 0.25) is 0 Å². The van der Waals surface area contributed by atoms with Crippen LogP contribution in [-0.2, 0) is 11.3 Å². The van der Waals surface area contributed by atoms with E-state index in [0.29, 0.717) is 0 Å². The van der Waals surface area contributed by atoms with Gasteiger partial charge in [0.25, 0.3) is 5.78 Å². The molecule has 0 atom stereocenters. The molecule has 2 heterocycles. The molecule has 0 fully saturated rings. The zero-order valence-electron chi connectivity index (χ0n) is 10.1. The van der Waals surface area contributed by atoms with Gasteiger partial charge in [-0.2, -0.15) is 13.2 Å². The first-order valence-corrected chi connectivity index (χ1v) is 5.32. The Morgan fingerprint density at radius 3 is 2.68 bits per heavy atom. The van der Waals surface area contributed by atoms with Gasteiger partial charge in [-0.15, -0.1) is 10.2 Å². The maximum Gasteiger partial charge on any atom is 0.471 e. The Labute approximate surface area is 105 Å². The molecule has 6 nitrogen and oxygen atoms in total. The summed E-state index contributed by atoms with van der Waals surface area (Å²) in [4.78, 5) is 14.8. The van der Waals surface area contributed by atoms with Crippen molar-refractivity contribution in [2.45, 2.75) is 26.6 Å². The van der Waals surface area contributed by atoms with Gasteiger partial charge >= 0.3 is 12.1 Å². The maximum atomic E-state index is 12.1. The number of carbonyl (C=O) groups excluding carboxylic acids is 1. The molecule has 0 aliphatic heterocycles. The monoisotopic (exact) mass is 273 g/mol. The predicted molar refractivity (Wildman–Crippen MR) is 58.2 cm³/mol. The van der Waals surface area contributed by atoms with Gasteiger partial charge < -0.3 is 5.32 Å². The highest BCUT2D eigenvalue weighted by atomic mass is 19.4. The number of amides is 1. The third kappa shape index (κ3) is 2.64. The lowest BCUT2D eigenvalue weighted by Gasteiger charge is -2.07. The molecule has 102 valence electrons. The van der Waals surface area contributed by atoms with Crippen LogP contribution in [0.15, 0.2) is 6.07 Å². The zero-order valence-corrected chi connectivity index (χ0v) is 10.1. The first kappa shape index (κ1) is 13.2. The minimum absolute atomic E-state index is 0.192. The summed E-state index contributed by atoms with van der Waals surface area (Å²) in [6.45, 7) is 3.15. The minimum atomic E-state index is -4.91. The number of hydrogen-bond acceptors (Lipinski definition) is 4. The molecule has 1 amide bonds. The molecule has 2 aromatic heterocycles. The average molecular weight is 273 g/mol. The standard InChI is InChI=1S/C10H10F3N5O/c1-5-3-6(2)18-7(16-17-9(18)15-5)4-14-8(19)10(11,12)13/h3H,4H2,1-2H3,(H,14,19). The predicted octanol–water partition coefficient (Wildman–Crippen LogP) is 0.920. The number of fused-ring (bicyclic) bond motifs is 1.